The summed E-state index contributed by atoms with van der Waals surface area (Å²) in [7, 11) is 0. The van der Waals surface area contributed by atoms with Crippen molar-refractivity contribution in [1.82, 2.24) is 9.88 Å². The van der Waals surface area contributed by atoms with Gasteiger partial charge in [0.05, 0.1) is 16.4 Å². The first kappa shape index (κ1) is 15.8. The van der Waals surface area contributed by atoms with Crippen LogP contribution in [-0.4, -0.2) is 42.0 Å². The molecule has 1 aliphatic heterocycles. The SMILES string of the molecule is NCc1cc(C(=O)N2CCN(c3ccccc3Cl)CC2)ccn1. The first-order valence-corrected chi connectivity index (χ1v) is 8.00. The van der Waals surface area contributed by atoms with Gasteiger partial charge >= 0.3 is 0 Å². The van der Waals surface area contributed by atoms with Crippen molar-refractivity contribution in [1.29, 1.82) is 0 Å². The van der Waals surface area contributed by atoms with Crippen LogP contribution in [0, 0.1) is 0 Å². The number of nitrogens with zero attached hydrogens (tertiary/aromatic N) is 3. The molecule has 3 rings (SSSR count). The zero-order chi connectivity index (χ0) is 16.2. The number of benzene rings is 1. The molecule has 6 heteroatoms. The molecule has 2 N–H and O–H groups in total. The predicted octanol–water partition coefficient (Wildman–Crippen LogP) is 2.16. The highest BCUT2D eigenvalue weighted by atomic mass is 35.5. The van der Waals surface area contributed by atoms with Gasteiger partial charge in [-0.05, 0) is 24.3 Å². The molecule has 0 saturated carbocycles. The Morgan fingerprint density at radius 1 is 1.17 bits per heavy atom. The molecule has 1 aliphatic rings. The van der Waals surface area contributed by atoms with E-state index in [0.717, 1.165) is 29.5 Å². The number of carbonyl (C=O) groups excluding carboxylic acids is 1. The van der Waals surface area contributed by atoms with Gasteiger partial charge in [0.2, 0.25) is 0 Å². The molecule has 0 unspecified atom stereocenters. The number of halogens is 1. The van der Waals surface area contributed by atoms with Crippen LogP contribution in [0.5, 0.6) is 0 Å². The van der Waals surface area contributed by atoms with Gasteiger partial charge in [-0.15, -0.1) is 0 Å². The molecule has 1 saturated heterocycles. The van der Waals surface area contributed by atoms with Crippen LogP contribution in [0.2, 0.25) is 5.02 Å². The smallest absolute Gasteiger partial charge is 0.254 e. The maximum atomic E-state index is 12.6. The van der Waals surface area contributed by atoms with E-state index >= 15 is 0 Å². The number of hydrogen-bond acceptors (Lipinski definition) is 4. The molecule has 2 heterocycles. The highest BCUT2D eigenvalue weighted by molar-refractivity contribution is 6.33. The van der Waals surface area contributed by atoms with E-state index in [1.165, 1.54) is 0 Å². The van der Waals surface area contributed by atoms with Gasteiger partial charge in [-0.25, -0.2) is 0 Å². The van der Waals surface area contributed by atoms with Crippen molar-refractivity contribution in [3.8, 4) is 0 Å². The summed E-state index contributed by atoms with van der Waals surface area (Å²) in [4.78, 5) is 20.8. The second-order valence-corrected chi connectivity index (χ2v) is 5.88. The van der Waals surface area contributed by atoms with Crippen LogP contribution in [0.3, 0.4) is 0 Å². The number of amides is 1. The normalized spacial score (nSPS) is 14.9. The van der Waals surface area contributed by atoms with Gasteiger partial charge in [0.25, 0.3) is 5.91 Å². The van der Waals surface area contributed by atoms with E-state index in [0.29, 0.717) is 25.2 Å². The highest BCUT2D eigenvalue weighted by Crippen LogP contribution is 2.26. The molecule has 0 atom stereocenters. The average Bonchev–Trinajstić information content (AvgIpc) is 2.62. The number of aromatic nitrogens is 1. The van der Waals surface area contributed by atoms with E-state index < -0.39 is 0 Å². The van der Waals surface area contributed by atoms with Crippen LogP contribution >= 0.6 is 11.6 Å². The lowest BCUT2D eigenvalue weighted by Crippen LogP contribution is -2.48. The summed E-state index contributed by atoms with van der Waals surface area (Å²) in [5.41, 5.74) is 7.98. The number of carbonyl (C=O) groups is 1. The van der Waals surface area contributed by atoms with Crippen LogP contribution in [0.25, 0.3) is 0 Å². The number of para-hydroxylation sites is 1. The summed E-state index contributed by atoms with van der Waals surface area (Å²) in [5, 5.41) is 0.744. The molecular weight excluding hydrogens is 312 g/mol. The van der Waals surface area contributed by atoms with Gasteiger partial charge in [0.1, 0.15) is 0 Å². The van der Waals surface area contributed by atoms with E-state index in [2.05, 4.69) is 9.88 Å². The molecule has 0 bridgehead atoms. The fourth-order valence-corrected chi connectivity index (χ4v) is 3.02. The van der Waals surface area contributed by atoms with Crippen molar-refractivity contribution in [2.45, 2.75) is 6.54 Å². The number of rotatable bonds is 3. The van der Waals surface area contributed by atoms with Crippen LogP contribution in [-0.2, 0) is 6.54 Å². The Hall–Kier alpha value is -2.11. The number of anilines is 1. The van der Waals surface area contributed by atoms with Crippen molar-refractivity contribution in [3.63, 3.8) is 0 Å². The van der Waals surface area contributed by atoms with E-state index in [1.54, 1.807) is 18.3 Å². The molecule has 0 radical (unpaired) electrons. The van der Waals surface area contributed by atoms with Crippen molar-refractivity contribution < 1.29 is 4.79 Å². The van der Waals surface area contributed by atoms with Crippen LogP contribution in [0.15, 0.2) is 42.6 Å². The van der Waals surface area contributed by atoms with Crippen molar-refractivity contribution >= 4 is 23.2 Å². The predicted molar refractivity (Wildman–Crippen MR) is 91.7 cm³/mol. The Morgan fingerprint density at radius 3 is 2.61 bits per heavy atom. The Bertz CT molecular complexity index is 698. The Labute approximate surface area is 140 Å². The molecule has 0 spiro atoms. The zero-order valence-electron chi connectivity index (χ0n) is 12.8. The molecular formula is C17H19ClN4O. The minimum absolute atomic E-state index is 0.0286. The zero-order valence-corrected chi connectivity index (χ0v) is 13.5. The Kier molecular flexibility index (Phi) is 4.79. The van der Waals surface area contributed by atoms with Crippen molar-refractivity contribution in [2.24, 2.45) is 5.73 Å². The maximum Gasteiger partial charge on any atom is 0.254 e. The Balaban J connectivity index is 1.66. The summed E-state index contributed by atoms with van der Waals surface area (Å²) >= 11 is 6.24. The minimum atomic E-state index is 0.0286. The summed E-state index contributed by atoms with van der Waals surface area (Å²) in [5.74, 6) is 0.0286. The van der Waals surface area contributed by atoms with Gasteiger partial charge in [-0.2, -0.15) is 0 Å². The first-order valence-electron chi connectivity index (χ1n) is 7.63. The quantitative estimate of drug-likeness (QED) is 0.936. The molecule has 1 amide bonds. The third-order valence-electron chi connectivity index (χ3n) is 4.03. The first-order chi connectivity index (χ1) is 11.2. The Morgan fingerprint density at radius 2 is 1.91 bits per heavy atom. The third-order valence-corrected chi connectivity index (χ3v) is 4.35. The lowest BCUT2D eigenvalue weighted by atomic mass is 10.1. The molecule has 1 aromatic carbocycles. The van der Waals surface area contributed by atoms with Crippen LogP contribution < -0.4 is 10.6 Å². The van der Waals surface area contributed by atoms with E-state index in [-0.39, 0.29) is 5.91 Å². The largest absolute Gasteiger partial charge is 0.367 e. The molecule has 0 aliphatic carbocycles. The fraction of sp³-hybridized carbons (Fsp3) is 0.294. The standard InChI is InChI=1S/C17H19ClN4O/c18-15-3-1-2-4-16(15)21-7-9-22(10-8-21)17(23)13-5-6-20-14(11-13)12-19/h1-6,11H,7-10,12,19H2. The van der Waals surface area contributed by atoms with Crippen LogP contribution in [0.4, 0.5) is 5.69 Å². The highest BCUT2D eigenvalue weighted by Gasteiger charge is 2.23. The molecule has 23 heavy (non-hydrogen) atoms. The number of piperazine rings is 1. The third kappa shape index (κ3) is 3.46. The second kappa shape index (κ2) is 6.98. The molecule has 2 aromatic rings. The summed E-state index contributed by atoms with van der Waals surface area (Å²) in [6, 6.07) is 11.3. The van der Waals surface area contributed by atoms with E-state index in [4.69, 9.17) is 17.3 Å². The van der Waals surface area contributed by atoms with Crippen LogP contribution in [0.1, 0.15) is 16.1 Å². The number of hydrogen-bond donors (Lipinski definition) is 1. The number of nitrogens with two attached hydrogens (primary N) is 1. The molecule has 1 aromatic heterocycles. The van der Waals surface area contributed by atoms with Crippen molar-refractivity contribution in [3.05, 3.63) is 58.9 Å². The topological polar surface area (TPSA) is 62.5 Å². The lowest BCUT2D eigenvalue weighted by molar-refractivity contribution is 0.0746. The molecule has 1 fully saturated rings. The van der Waals surface area contributed by atoms with Gasteiger partial charge in [0, 0.05) is 44.5 Å². The van der Waals surface area contributed by atoms with Gasteiger partial charge in [-0.3, -0.25) is 9.78 Å². The lowest BCUT2D eigenvalue weighted by Gasteiger charge is -2.36. The number of pyridine rings is 1. The second-order valence-electron chi connectivity index (χ2n) is 5.47. The van der Waals surface area contributed by atoms with Gasteiger partial charge < -0.3 is 15.5 Å². The summed E-state index contributed by atoms with van der Waals surface area (Å²) in [6.45, 7) is 3.21. The maximum absolute atomic E-state index is 12.6. The van der Waals surface area contributed by atoms with Gasteiger partial charge in [0.15, 0.2) is 0 Å². The summed E-state index contributed by atoms with van der Waals surface area (Å²) in [6.07, 6.45) is 1.63. The molecule has 5 nitrogen and oxygen atoms in total. The molecule has 120 valence electrons. The van der Waals surface area contributed by atoms with E-state index in [1.807, 2.05) is 29.2 Å². The minimum Gasteiger partial charge on any atom is -0.367 e. The van der Waals surface area contributed by atoms with Gasteiger partial charge in [-0.1, -0.05) is 23.7 Å². The average molecular weight is 331 g/mol. The van der Waals surface area contributed by atoms with Crippen molar-refractivity contribution in [2.75, 3.05) is 31.1 Å². The summed E-state index contributed by atoms with van der Waals surface area (Å²) < 4.78 is 0. The monoisotopic (exact) mass is 330 g/mol. The fourth-order valence-electron chi connectivity index (χ4n) is 2.76. The van der Waals surface area contributed by atoms with E-state index in [9.17, 15) is 4.79 Å².